The molecule has 0 saturated heterocycles. The third kappa shape index (κ3) is 3.63. The molecule has 0 saturated carbocycles. The van der Waals surface area contributed by atoms with E-state index in [2.05, 4.69) is 66.1 Å². The van der Waals surface area contributed by atoms with Crippen molar-refractivity contribution in [2.45, 2.75) is 19.0 Å². The zero-order valence-corrected chi connectivity index (χ0v) is 15.9. The molecule has 4 nitrogen and oxygen atoms in total. The van der Waals surface area contributed by atoms with Gasteiger partial charge in [0.1, 0.15) is 0 Å². The van der Waals surface area contributed by atoms with Gasteiger partial charge >= 0.3 is 6.03 Å². The number of urea groups is 1. The second kappa shape index (κ2) is 7.53. The Bertz CT molecular complexity index is 669. The Morgan fingerprint density at radius 3 is 2.74 bits per heavy atom. The van der Waals surface area contributed by atoms with Gasteiger partial charge in [-0.2, -0.15) is 0 Å². The zero-order valence-electron chi connectivity index (χ0n) is 12.7. The summed E-state index contributed by atoms with van der Waals surface area (Å²) in [6, 6.07) is 12.3. The van der Waals surface area contributed by atoms with E-state index in [-0.39, 0.29) is 12.1 Å². The second-order valence-corrected chi connectivity index (χ2v) is 7.26. The second-order valence-electron chi connectivity index (χ2n) is 5.55. The number of hydrogen-bond acceptors (Lipinski definition) is 1. The predicted molar refractivity (Wildman–Crippen MR) is 98.9 cm³/mol. The molecule has 122 valence electrons. The monoisotopic (exact) mass is 439 g/mol. The van der Waals surface area contributed by atoms with Crippen molar-refractivity contribution in [1.29, 1.82) is 0 Å². The Morgan fingerprint density at radius 2 is 2.00 bits per heavy atom. The van der Waals surface area contributed by atoms with Gasteiger partial charge in [-0.05, 0) is 36.2 Å². The highest BCUT2D eigenvalue weighted by atomic mass is 79.9. The summed E-state index contributed by atoms with van der Waals surface area (Å²) in [4.78, 5) is 14.6. The summed E-state index contributed by atoms with van der Waals surface area (Å²) in [5.41, 5.74) is 2.29. The number of carbonyl (C=O) groups excluding carboxylic acids is 1. The molecule has 1 aliphatic heterocycles. The van der Waals surface area contributed by atoms with Crippen LogP contribution in [-0.2, 0) is 6.54 Å². The van der Waals surface area contributed by atoms with Crippen LogP contribution in [0.4, 0.5) is 4.79 Å². The van der Waals surface area contributed by atoms with Crippen molar-refractivity contribution in [2.24, 2.45) is 0 Å². The fraction of sp³-hybridized carbons (Fsp3) is 0.353. The summed E-state index contributed by atoms with van der Waals surface area (Å²) >= 11 is 6.87. The lowest BCUT2D eigenvalue weighted by Crippen LogP contribution is -2.47. The van der Waals surface area contributed by atoms with Crippen LogP contribution >= 0.6 is 31.9 Å². The average Bonchev–Trinajstić information content (AvgIpc) is 3.03. The molecular formula is C17H19Br2N3O. The first-order chi connectivity index (χ1) is 11.2. The number of amides is 2. The van der Waals surface area contributed by atoms with E-state index in [1.165, 1.54) is 0 Å². The summed E-state index contributed by atoms with van der Waals surface area (Å²) < 4.78 is 3.27. The van der Waals surface area contributed by atoms with Crippen molar-refractivity contribution in [3.8, 4) is 0 Å². The van der Waals surface area contributed by atoms with Gasteiger partial charge in [0.15, 0.2) is 0 Å². The van der Waals surface area contributed by atoms with Crippen molar-refractivity contribution < 1.29 is 4.79 Å². The topological polar surface area (TPSA) is 37.3 Å². The van der Waals surface area contributed by atoms with E-state index in [0.717, 1.165) is 34.0 Å². The number of nitrogens with zero attached hydrogens (tertiary/aromatic N) is 2. The van der Waals surface area contributed by atoms with Gasteiger partial charge in [0.05, 0.1) is 6.04 Å². The number of alkyl halides is 1. The van der Waals surface area contributed by atoms with Crippen LogP contribution < -0.4 is 5.32 Å². The van der Waals surface area contributed by atoms with Gasteiger partial charge in [0.2, 0.25) is 0 Å². The van der Waals surface area contributed by atoms with Gasteiger partial charge in [0.25, 0.3) is 0 Å². The number of aromatic nitrogens is 1. The summed E-state index contributed by atoms with van der Waals surface area (Å²) in [6.45, 7) is 2.23. The maximum absolute atomic E-state index is 12.6. The van der Waals surface area contributed by atoms with E-state index >= 15 is 0 Å². The Balaban J connectivity index is 1.89. The Kier molecular flexibility index (Phi) is 5.43. The fourth-order valence-corrected chi connectivity index (χ4v) is 3.51. The molecule has 1 unspecified atom stereocenters. The number of fused-ring (bicyclic) bond motifs is 1. The van der Waals surface area contributed by atoms with E-state index in [4.69, 9.17) is 0 Å². The van der Waals surface area contributed by atoms with E-state index in [1.807, 2.05) is 23.1 Å². The van der Waals surface area contributed by atoms with Crippen LogP contribution in [0.15, 0.2) is 47.1 Å². The first kappa shape index (κ1) is 16.6. The summed E-state index contributed by atoms with van der Waals surface area (Å²) in [7, 11) is 0. The molecule has 2 aromatic rings. The largest absolute Gasteiger partial charge is 0.348 e. The third-order valence-corrected chi connectivity index (χ3v) is 5.16. The molecule has 23 heavy (non-hydrogen) atoms. The molecule has 1 aromatic heterocycles. The molecule has 2 heterocycles. The number of rotatable bonds is 4. The first-order valence-corrected chi connectivity index (χ1v) is 9.63. The normalized spacial score (nSPS) is 17.0. The van der Waals surface area contributed by atoms with Gasteiger partial charge in [0, 0.05) is 41.3 Å². The highest BCUT2D eigenvalue weighted by Gasteiger charge is 2.31. The highest BCUT2D eigenvalue weighted by Crippen LogP contribution is 2.32. The SMILES string of the molecule is O=C(NCCCBr)N1CCn2cccc2C1c1ccc(Br)cc1. The van der Waals surface area contributed by atoms with Crippen molar-refractivity contribution in [3.05, 3.63) is 58.3 Å². The lowest BCUT2D eigenvalue weighted by atomic mass is 10.0. The Morgan fingerprint density at radius 1 is 1.22 bits per heavy atom. The Hall–Kier alpha value is -1.27. The zero-order chi connectivity index (χ0) is 16.2. The summed E-state index contributed by atoms with van der Waals surface area (Å²) in [6.07, 6.45) is 3.01. The molecular weight excluding hydrogens is 422 g/mol. The van der Waals surface area contributed by atoms with Crippen LogP contribution in [0.2, 0.25) is 0 Å². The quantitative estimate of drug-likeness (QED) is 0.562. The van der Waals surface area contributed by atoms with E-state index in [9.17, 15) is 4.79 Å². The number of benzene rings is 1. The van der Waals surface area contributed by atoms with Crippen LogP contribution in [0.5, 0.6) is 0 Å². The molecule has 0 aliphatic carbocycles. The number of hydrogen-bond donors (Lipinski definition) is 1. The molecule has 2 amide bonds. The van der Waals surface area contributed by atoms with E-state index in [0.29, 0.717) is 13.1 Å². The van der Waals surface area contributed by atoms with E-state index in [1.54, 1.807) is 0 Å². The van der Waals surface area contributed by atoms with Gasteiger partial charge in [-0.25, -0.2) is 4.79 Å². The van der Waals surface area contributed by atoms with Gasteiger partial charge in [-0.15, -0.1) is 0 Å². The predicted octanol–water partition coefficient (Wildman–Crippen LogP) is 4.15. The molecule has 1 aromatic carbocycles. The van der Waals surface area contributed by atoms with Crippen molar-refractivity contribution >= 4 is 37.9 Å². The molecule has 0 bridgehead atoms. The molecule has 6 heteroatoms. The van der Waals surface area contributed by atoms with Crippen LogP contribution in [-0.4, -0.2) is 33.9 Å². The van der Waals surface area contributed by atoms with Crippen molar-refractivity contribution in [1.82, 2.24) is 14.8 Å². The van der Waals surface area contributed by atoms with Gasteiger partial charge in [-0.3, -0.25) is 0 Å². The fourth-order valence-electron chi connectivity index (χ4n) is 2.96. The Labute approximate surface area is 153 Å². The van der Waals surface area contributed by atoms with Gasteiger partial charge in [-0.1, -0.05) is 44.0 Å². The van der Waals surface area contributed by atoms with Crippen LogP contribution in [0.1, 0.15) is 23.7 Å². The van der Waals surface area contributed by atoms with Crippen LogP contribution in [0.3, 0.4) is 0 Å². The van der Waals surface area contributed by atoms with E-state index < -0.39 is 0 Å². The van der Waals surface area contributed by atoms with Crippen LogP contribution in [0.25, 0.3) is 0 Å². The minimum atomic E-state index is -0.0455. The molecule has 1 N–H and O–H groups in total. The van der Waals surface area contributed by atoms with Gasteiger partial charge < -0.3 is 14.8 Å². The van der Waals surface area contributed by atoms with Crippen LogP contribution in [0, 0.1) is 0 Å². The summed E-state index contributed by atoms with van der Waals surface area (Å²) in [5.74, 6) is 0. The third-order valence-electron chi connectivity index (χ3n) is 4.07. The highest BCUT2D eigenvalue weighted by molar-refractivity contribution is 9.10. The minimum Gasteiger partial charge on any atom is -0.348 e. The molecule has 1 aliphatic rings. The standard InChI is InChI=1S/C17H19Br2N3O/c18-8-2-9-20-17(23)22-12-11-21-10-1-3-15(21)16(22)13-4-6-14(19)7-5-13/h1,3-7,10,16H,2,8-9,11-12H2,(H,20,23). The molecule has 0 spiro atoms. The lowest BCUT2D eigenvalue weighted by Gasteiger charge is -2.37. The van der Waals surface area contributed by atoms with Crippen molar-refractivity contribution in [3.63, 3.8) is 0 Å². The number of carbonyl (C=O) groups is 1. The molecule has 0 radical (unpaired) electrons. The molecule has 3 rings (SSSR count). The first-order valence-electron chi connectivity index (χ1n) is 7.71. The number of nitrogens with one attached hydrogen (secondary N) is 1. The maximum atomic E-state index is 12.6. The maximum Gasteiger partial charge on any atom is 0.318 e. The molecule has 1 atom stereocenters. The minimum absolute atomic E-state index is 0.00585. The van der Waals surface area contributed by atoms with Crippen molar-refractivity contribution in [2.75, 3.05) is 18.4 Å². The smallest absolute Gasteiger partial charge is 0.318 e. The summed E-state index contributed by atoms with van der Waals surface area (Å²) in [5, 5.41) is 3.92. The lowest BCUT2D eigenvalue weighted by molar-refractivity contribution is 0.169. The number of halogens is 2. The molecule has 0 fully saturated rings. The average molecular weight is 441 g/mol.